The van der Waals surface area contributed by atoms with E-state index in [-0.39, 0.29) is 80.8 Å². The number of nitrogens with zero attached hydrogens (tertiary/aromatic N) is 5. The Morgan fingerprint density at radius 3 is 1.14 bits per heavy atom. The van der Waals surface area contributed by atoms with Crippen molar-refractivity contribution >= 4 is 65.3 Å². The summed E-state index contributed by atoms with van der Waals surface area (Å²) in [5, 5.41) is 28.5. The molecule has 0 fully saturated rings. The van der Waals surface area contributed by atoms with Crippen LogP contribution < -0.4 is 47.9 Å². The molecule has 0 saturated carbocycles. The average Bonchev–Trinajstić information content (AvgIpc) is 0.828. The number of ketones is 2. The number of aromatic nitrogens is 2. The largest absolute Gasteiger partial charge is 0.514 e. The molecule has 5 aromatic carbocycles. The van der Waals surface area contributed by atoms with Crippen molar-refractivity contribution in [3.63, 3.8) is 0 Å². The summed E-state index contributed by atoms with van der Waals surface area (Å²) in [5.41, 5.74) is 14.3. The third-order valence-corrected chi connectivity index (χ3v) is 19.0. The van der Waals surface area contributed by atoms with Crippen LogP contribution in [0.1, 0.15) is 146 Å². The summed E-state index contributed by atoms with van der Waals surface area (Å²) in [4.78, 5) is 153. The SMILES string of the molecule is CCN.CCNC(=O)O[C@@H](CN(Cc1ccc(-c2ccccn2)cc1)NC(=O)[C@H](NC(=O)OC)C(C)(C)C)C(Cc1ccccc1)NC(=O)[C@H](CC(C)=O)C(C)(C)C.COC(=O)N[C@@H](C(=O)NN(Cc1ccc(-c2ccccn2)cc1)C[C@H](OC(=O)Oc1ccc([N+](=O)[O-])cc1)C(Cc1ccccc1)NC(=O)[C@H](CC(C)=O)C(C)(C)C)C(C)(C)C. The predicted molar refractivity (Wildman–Crippen MR) is 457 cm³/mol. The number of methoxy groups -OCH3 is 2. The molecule has 0 spiro atoms. The normalized spacial score (nSPS) is 13.4. The summed E-state index contributed by atoms with van der Waals surface area (Å²) in [5.74, 6) is -3.74. The first-order valence-corrected chi connectivity index (χ1v) is 39.8. The lowest BCUT2D eigenvalue weighted by atomic mass is 9.77. The number of benzene rings is 5. The van der Waals surface area contributed by atoms with Crippen molar-refractivity contribution in [2.24, 2.45) is 39.2 Å². The Labute approximate surface area is 704 Å². The van der Waals surface area contributed by atoms with Crippen LogP contribution in [0.5, 0.6) is 5.75 Å². The maximum absolute atomic E-state index is 14.3. The quantitative estimate of drug-likeness (QED) is 0.00601. The molecule has 8 atom stereocenters. The van der Waals surface area contributed by atoms with E-state index >= 15 is 0 Å². The third kappa shape index (κ3) is 34.1. The third-order valence-electron chi connectivity index (χ3n) is 19.0. The van der Waals surface area contributed by atoms with Gasteiger partial charge >= 0.3 is 24.4 Å². The molecule has 7 amide bonds. The lowest BCUT2D eigenvalue weighted by molar-refractivity contribution is -0.384. The van der Waals surface area contributed by atoms with E-state index in [2.05, 4.69) is 47.4 Å². The average molecular weight is 1660 g/mol. The second kappa shape index (κ2) is 47.5. The van der Waals surface area contributed by atoms with Crippen molar-refractivity contribution in [2.75, 3.05) is 40.4 Å². The van der Waals surface area contributed by atoms with Gasteiger partial charge in [-0.2, -0.15) is 0 Å². The second-order valence-electron chi connectivity index (χ2n) is 33.3. The van der Waals surface area contributed by atoms with Gasteiger partial charge in [0, 0.05) is 80.0 Å². The van der Waals surface area contributed by atoms with Gasteiger partial charge in [-0.3, -0.25) is 50.1 Å². The monoisotopic (exact) mass is 1660 g/mol. The number of alkyl carbamates (subject to hydrolysis) is 3. The topological polar surface area (TPSA) is 402 Å². The number of carbonyl (C=O) groups excluding carboxylic acids is 10. The molecule has 0 aliphatic heterocycles. The van der Waals surface area contributed by atoms with Crippen LogP contribution in [0.3, 0.4) is 0 Å². The van der Waals surface area contributed by atoms with Gasteiger partial charge < -0.3 is 65.6 Å². The van der Waals surface area contributed by atoms with Crippen molar-refractivity contribution in [3.8, 4) is 28.3 Å². The van der Waals surface area contributed by atoms with E-state index in [0.29, 0.717) is 6.54 Å². The smallest absolute Gasteiger partial charge is 0.453 e. The Kier molecular flexibility index (Phi) is 39.0. The van der Waals surface area contributed by atoms with Crippen molar-refractivity contribution in [1.29, 1.82) is 0 Å². The molecule has 0 saturated heterocycles. The molecule has 2 heterocycles. The Bertz CT molecular complexity index is 4430. The number of nitrogens with one attached hydrogen (secondary N) is 7. The van der Waals surface area contributed by atoms with E-state index in [9.17, 15) is 58.1 Å². The second-order valence-corrected chi connectivity index (χ2v) is 33.3. The highest BCUT2D eigenvalue weighted by molar-refractivity contribution is 5.89. The van der Waals surface area contributed by atoms with E-state index in [0.717, 1.165) is 51.3 Å². The van der Waals surface area contributed by atoms with E-state index in [1.807, 2.05) is 215 Å². The molecular formula is C90H121N13O17. The molecule has 0 bridgehead atoms. The number of nitrogens with two attached hydrogens (primary N) is 1. The number of nitro groups is 1. The van der Waals surface area contributed by atoms with Gasteiger partial charge in [-0.05, 0) is 120 Å². The number of carbonyl (C=O) groups is 10. The van der Waals surface area contributed by atoms with E-state index < -0.39 is 117 Å². The number of hydrogen-bond acceptors (Lipinski definition) is 22. The van der Waals surface area contributed by atoms with E-state index in [1.54, 1.807) is 45.1 Å². The highest BCUT2D eigenvalue weighted by atomic mass is 16.7. The van der Waals surface area contributed by atoms with Gasteiger partial charge in [0.1, 0.15) is 41.6 Å². The lowest BCUT2D eigenvalue weighted by Gasteiger charge is -2.37. The highest BCUT2D eigenvalue weighted by Gasteiger charge is 2.42. The fourth-order valence-corrected chi connectivity index (χ4v) is 12.7. The maximum Gasteiger partial charge on any atom is 0.514 e. The van der Waals surface area contributed by atoms with Crippen LogP contribution in [-0.4, -0.2) is 161 Å². The first-order valence-electron chi connectivity index (χ1n) is 39.8. The standard InChI is InChI=1S/C46H56N6O10.C42H58N6O7.C2H7N/c1-30(53)26-36(45(2,3)4)41(54)48-38(27-31-14-10-9-11-15-31)39(62-44(57)61-35-23-21-34(22-24-35)52(58)59)29-51(50-42(55)40(46(5,6)7)49-43(56)60-8)28-32-17-19-33(20-18-32)37-16-12-13-25-47-37;1-10-43-39(52)55-35(34(25-29-16-12-11-13-17-29)45-37(50)32(24-28(2)49)41(3,4)5)27-48(47-38(51)36(42(6,7)8)46-40(53)54-9)26-30-19-21-31(22-20-30)33-18-14-15-23-44-33;1-2-3/h9-25,36,38-40H,26-29H2,1-8H3,(H,48,54)(H,49,56)(H,50,55);11-23,32,34-36H,10,24-27H2,1-9H3,(H,43,52)(H,45,50)(H,46,53)(H,47,51);2-3H2,1H3/t36-,38?,39-,40-;32-,34?,35-,36-;/m00./s1. The molecule has 2 aromatic heterocycles. The molecule has 30 heteroatoms. The molecule has 7 rings (SSSR count). The van der Waals surface area contributed by atoms with Crippen LogP contribution in [0.25, 0.3) is 22.5 Å². The van der Waals surface area contributed by atoms with Gasteiger partial charge in [-0.15, -0.1) is 0 Å². The lowest BCUT2D eigenvalue weighted by Crippen LogP contribution is -2.60. The van der Waals surface area contributed by atoms with Crippen molar-refractivity contribution in [2.45, 2.75) is 186 Å². The van der Waals surface area contributed by atoms with Gasteiger partial charge in [0.2, 0.25) is 11.8 Å². The molecule has 30 nitrogen and oxygen atoms in total. The van der Waals surface area contributed by atoms with Crippen LogP contribution in [0.2, 0.25) is 0 Å². The Hall–Kier alpha value is -12.0. The molecule has 2 unspecified atom stereocenters. The van der Waals surface area contributed by atoms with Crippen LogP contribution in [0, 0.1) is 43.6 Å². The molecular weight excluding hydrogens is 1540 g/mol. The number of hydrogen-bond donors (Lipinski definition) is 8. The van der Waals surface area contributed by atoms with Crippen LogP contribution >= 0.6 is 0 Å². The van der Waals surface area contributed by atoms with Crippen LogP contribution in [0.4, 0.5) is 24.9 Å². The van der Waals surface area contributed by atoms with Gasteiger partial charge in [-0.25, -0.2) is 29.2 Å². The zero-order chi connectivity index (χ0) is 89.1. The van der Waals surface area contributed by atoms with E-state index in [1.165, 1.54) is 57.3 Å². The molecule has 0 aliphatic rings. The van der Waals surface area contributed by atoms with Gasteiger partial charge in [0.15, 0.2) is 0 Å². The summed E-state index contributed by atoms with van der Waals surface area (Å²) >= 11 is 0. The summed E-state index contributed by atoms with van der Waals surface area (Å²) in [6.45, 7) is 29.5. The number of nitro benzene ring substituents is 1. The Balaban J connectivity index is 0.000000416. The zero-order valence-corrected chi connectivity index (χ0v) is 72.3. The van der Waals surface area contributed by atoms with Crippen LogP contribution in [0.15, 0.2) is 182 Å². The van der Waals surface area contributed by atoms with Gasteiger partial charge in [0.05, 0.1) is 55.7 Å². The maximum atomic E-state index is 14.3. The number of ether oxygens (including phenoxy) is 5. The number of hydrazine groups is 2. The molecule has 0 radical (unpaired) electrons. The zero-order valence-electron chi connectivity index (χ0n) is 72.3. The molecule has 9 N–H and O–H groups in total. The van der Waals surface area contributed by atoms with Gasteiger partial charge in [-0.1, -0.05) is 211 Å². The number of non-ortho nitro benzene ring substituents is 1. The molecule has 0 aliphatic carbocycles. The predicted octanol–water partition coefficient (Wildman–Crippen LogP) is 13.0. The summed E-state index contributed by atoms with van der Waals surface area (Å²) in [7, 11) is 2.41. The van der Waals surface area contributed by atoms with Crippen molar-refractivity contribution in [1.82, 2.24) is 57.4 Å². The first-order chi connectivity index (χ1) is 56.5. The summed E-state index contributed by atoms with van der Waals surface area (Å²) in [6.07, 6.45) is -1.98. The summed E-state index contributed by atoms with van der Waals surface area (Å²) < 4.78 is 27.3. The van der Waals surface area contributed by atoms with Crippen molar-refractivity contribution < 1.29 is 76.6 Å². The van der Waals surface area contributed by atoms with Crippen LogP contribution in [-0.2, 0) is 73.6 Å². The minimum atomic E-state index is -1.27. The molecule has 120 heavy (non-hydrogen) atoms. The number of rotatable bonds is 35. The minimum Gasteiger partial charge on any atom is -0.453 e. The van der Waals surface area contributed by atoms with E-state index in [4.69, 9.17) is 29.4 Å². The number of amides is 7. The number of pyridine rings is 2. The molecule has 648 valence electrons. The fourth-order valence-electron chi connectivity index (χ4n) is 12.7. The fraction of sp³-hybridized carbons (Fsp3) is 0.444. The van der Waals surface area contributed by atoms with Crippen molar-refractivity contribution in [3.05, 3.63) is 215 Å². The number of Topliss-reactive ketones (excluding diaryl/α,β-unsaturated/α-hetero) is 2. The van der Waals surface area contributed by atoms with Gasteiger partial charge in [0.25, 0.3) is 17.5 Å². The summed E-state index contributed by atoms with van der Waals surface area (Å²) in [6, 6.07) is 45.9. The highest BCUT2D eigenvalue weighted by Crippen LogP contribution is 2.33. The first kappa shape index (κ1) is 98.6. The Morgan fingerprint density at radius 2 is 0.825 bits per heavy atom. The minimum absolute atomic E-state index is 0.0350. The Morgan fingerprint density at radius 1 is 0.458 bits per heavy atom. The molecule has 7 aromatic rings.